The van der Waals surface area contributed by atoms with Crippen LogP contribution >= 0.6 is 11.3 Å². The number of nitriles is 1. The van der Waals surface area contributed by atoms with Gasteiger partial charge in [-0.05, 0) is 12.1 Å². The first-order chi connectivity index (χ1) is 7.86. The summed E-state index contributed by atoms with van der Waals surface area (Å²) >= 11 is 1.33. The summed E-state index contributed by atoms with van der Waals surface area (Å²) in [5, 5.41) is 11.0. The molecule has 0 aliphatic heterocycles. The third-order valence-corrected chi connectivity index (χ3v) is 2.97. The second-order valence-corrected chi connectivity index (χ2v) is 4.04. The lowest BCUT2D eigenvalue weighted by Gasteiger charge is -1.94. The first kappa shape index (κ1) is 9.07. The Labute approximate surface area is 94.8 Å². The fraction of sp³-hybridized carbons (Fsp3) is 0. The van der Waals surface area contributed by atoms with Crippen molar-refractivity contribution < 1.29 is 4.42 Å². The third-order valence-electron chi connectivity index (χ3n) is 2.23. The van der Waals surface area contributed by atoms with Crippen molar-refractivity contribution in [3.05, 3.63) is 35.0 Å². The first-order valence-corrected chi connectivity index (χ1v) is 5.44. The van der Waals surface area contributed by atoms with E-state index in [4.69, 9.17) is 9.68 Å². The number of nitrogens with zero attached hydrogens (tertiary/aromatic N) is 3. The van der Waals surface area contributed by atoms with Crippen LogP contribution in [0.4, 0.5) is 0 Å². The van der Waals surface area contributed by atoms with Crippen molar-refractivity contribution in [3.63, 3.8) is 0 Å². The van der Waals surface area contributed by atoms with Crippen LogP contribution in [0.1, 0.15) is 5.01 Å². The first-order valence-electron chi connectivity index (χ1n) is 4.56. The second kappa shape index (κ2) is 3.43. The number of thiazole rings is 1. The predicted octanol–water partition coefficient (Wildman–Crippen LogP) is 2.82. The van der Waals surface area contributed by atoms with E-state index in [-0.39, 0.29) is 0 Å². The van der Waals surface area contributed by atoms with E-state index in [9.17, 15) is 0 Å². The summed E-state index contributed by atoms with van der Waals surface area (Å²) in [6, 6.07) is 7.69. The Bertz CT molecular complexity index is 692. The van der Waals surface area contributed by atoms with Gasteiger partial charge in [-0.3, -0.25) is 0 Å². The van der Waals surface area contributed by atoms with Gasteiger partial charge in [-0.25, -0.2) is 9.97 Å². The molecule has 0 unspecified atom stereocenters. The summed E-state index contributed by atoms with van der Waals surface area (Å²) in [6.45, 7) is 0. The van der Waals surface area contributed by atoms with Gasteiger partial charge < -0.3 is 4.42 Å². The number of benzene rings is 1. The Morgan fingerprint density at radius 1 is 1.38 bits per heavy atom. The van der Waals surface area contributed by atoms with E-state index >= 15 is 0 Å². The largest absolute Gasteiger partial charge is 0.443 e. The van der Waals surface area contributed by atoms with Crippen LogP contribution < -0.4 is 0 Å². The number of hydrogen-bond donors (Lipinski definition) is 0. The molecule has 3 aromatic rings. The topological polar surface area (TPSA) is 62.7 Å². The number of aromatic nitrogens is 2. The minimum Gasteiger partial charge on any atom is -0.443 e. The molecule has 2 aromatic heterocycles. The number of hydrogen-bond acceptors (Lipinski definition) is 5. The van der Waals surface area contributed by atoms with Crippen molar-refractivity contribution in [3.8, 4) is 17.3 Å². The van der Waals surface area contributed by atoms with Crippen molar-refractivity contribution in [2.45, 2.75) is 0 Å². The Morgan fingerprint density at radius 2 is 2.31 bits per heavy atom. The molecule has 0 N–H and O–H groups in total. The highest BCUT2D eigenvalue weighted by Gasteiger charge is 2.06. The minimum atomic E-state index is 0.465. The van der Waals surface area contributed by atoms with Crippen molar-refractivity contribution in [2.75, 3.05) is 0 Å². The monoisotopic (exact) mass is 227 g/mol. The van der Waals surface area contributed by atoms with Gasteiger partial charge in [-0.2, -0.15) is 5.26 Å². The van der Waals surface area contributed by atoms with Crippen LogP contribution in [0.5, 0.6) is 0 Å². The fourth-order valence-corrected chi connectivity index (χ4v) is 2.09. The molecule has 0 saturated heterocycles. The van der Waals surface area contributed by atoms with E-state index in [0.29, 0.717) is 5.01 Å². The van der Waals surface area contributed by atoms with Gasteiger partial charge in [0.2, 0.25) is 0 Å². The molecule has 0 atom stereocenters. The van der Waals surface area contributed by atoms with E-state index in [1.54, 1.807) is 0 Å². The molecule has 4 nitrogen and oxygen atoms in total. The second-order valence-electron chi connectivity index (χ2n) is 3.18. The van der Waals surface area contributed by atoms with Crippen LogP contribution in [0, 0.1) is 11.3 Å². The SMILES string of the molecule is N#Cc1nc(-c2ccc3ncoc3c2)cs1. The smallest absolute Gasteiger partial charge is 0.194 e. The van der Waals surface area contributed by atoms with Crippen LogP contribution in [-0.2, 0) is 0 Å². The Kier molecular flexibility index (Phi) is 1.95. The highest BCUT2D eigenvalue weighted by molar-refractivity contribution is 7.10. The predicted molar refractivity (Wildman–Crippen MR) is 59.8 cm³/mol. The zero-order chi connectivity index (χ0) is 11.0. The molecular formula is C11H5N3OS. The van der Waals surface area contributed by atoms with E-state index in [0.717, 1.165) is 22.4 Å². The molecule has 0 fully saturated rings. The Morgan fingerprint density at radius 3 is 3.12 bits per heavy atom. The Hall–Kier alpha value is -2.19. The molecule has 3 rings (SSSR count). The van der Waals surface area contributed by atoms with Crippen molar-refractivity contribution in [2.24, 2.45) is 0 Å². The summed E-state index contributed by atoms with van der Waals surface area (Å²) in [5.74, 6) is 0. The summed E-state index contributed by atoms with van der Waals surface area (Å²) in [7, 11) is 0. The molecule has 0 aliphatic carbocycles. The maximum absolute atomic E-state index is 8.71. The summed E-state index contributed by atoms with van der Waals surface area (Å²) in [5.41, 5.74) is 3.27. The average Bonchev–Trinajstić information content (AvgIpc) is 2.96. The molecule has 0 radical (unpaired) electrons. The van der Waals surface area contributed by atoms with Crippen molar-refractivity contribution >= 4 is 22.4 Å². The standard InChI is InChI=1S/C11H5N3OS/c12-4-11-14-9(5-16-11)7-1-2-8-10(3-7)15-6-13-8/h1-3,5-6H. The molecular weight excluding hydrogens is 222 g/mol. The normalized spacial score (nSPS) is 10.4. The highest BCUT2D eigenvalue weighted by atomic mass is 32.1. The van der Waals surface area contributed by atoms with Gasteiger partial charge in [0.25, 0.3) is 0 Å². The lowest BCUT2D eigenvalue weighted by Crippen LogP contribution is -1.78. The van der Waals surface area contributed by atoms with Gasteiger partial charge in [0.05, 0.1) is 5.69 Å². The molecule has 0 bridgehead atoms. The molecule has 0 aliphatic rings. The minimum absolute atomic E-state index is 0.465. The molecule has 76 valence electrons. The number of fused-ring (bicyclic) bond motifs is 1. The maximum atomic E-state index is 8.71. The average molecular weight is 227 g/mol. The van der Waals surface area contributed by atoms with Gasteiger partial charge in [-0.15, -0.1) is 11.3 Å². The van der Waals surface area contributed by atoms with Gasteiger partial charge in [-0.1, -0.05) is 6.07 Å². The molecule has 5 heteroatoms. The van der Waals surface area contributed by atoms with Gasteiger partial charge in [0.15, 0.2) is 17.0 Å². The van der Waals surface area contributed by atoms with E-state index in [1.165, 1.54) is 17.7 Å². The zero-order valence-electron chi connectivity index (χ0n) is 8.04. The zero-order valence-corrected chi connectivity index (χ0v) is 8.86. The molecule has 16 heavy (non-hydrogen) atoms. The van der Waals surface area contributed by atoms with Crippen LogP contribution in [-0.4, -0.2) is 9.97 Å². The lowest BCUT2D eigenvalue weighted by molar-refractivity contribution is 0.602. The van der Waals surface area contributed by atoms with Gasteiger partial charge in [0.1, 0.15) is 11.6 Å². The lowest BCUT2D eigenvalue weighted by atomic mass is 10.1. The summed E-state index contributed by atoms with van der Waals surface area (Å²) in [4.78, 5) is 8.22. The van der Waals surface area contributed by atoms with Gasteiger partial charge in [0, 0.05) is 10.9 Å². The third kappa shape index (κ3) is 1.36. The number of oxazole rings is 1. The summed E-state index contributed by atoms with van der Waals surface area (Å²) < 4.78 is 5.21. The van der Waals surface area contributed by atoms with Gasteiger partial charge >= 0.3 is 0 Å². The quantitative estimate of drug-likeness (QED) is 0.641. The van der Waals surface area contributed by atoms with Crippen molar-refractivity contribution in [1.29, 1.82) is 5.26 Å². The number of rotatable bonds is 1. The van der Waals surface area contributed by atoms with E-state index < -0.39 is 0 Å². The molecule has 1 aromatic carbocycles. The maximum Gasteiger partial charge on any atom is 0.194 e. The molecule has 2 heterocycles. The van der Waals surface area contributed by atoms with Crippen LogP contribution in [0.3, 0.4) is 0 Å². The van der Waals surface area contributed by atoms with Crippen LogP contribution in [0.15, 0.2) is 34.4 Å². The Balaban J connectivity index is 2.14. The van der Waals surface area contributed by atoms with E-state index in [2.05, 4.69) is 9.97 Å². The molecule has 0 saturated carbocycles. The van der Waals surface area contributed by atoms with E-state index in [1.807, 2.05) is 29.6 Å². The molecule has 0 amide bonds. The van der Waals surface area contributed by atoms with Crippen molar-refractivity contribution in [1.82, 2.24) is 9.97 Å². The fourth-order valence-electron chi connectivity index (χ4n) is 1.47. The summed E-state index contributed by atoms with van der Waals surface area (Å²) in [6.07, 6.45) is 1.41. The van der Waals surface area contributed by atoms with Crippen LogP contribution in [0.25, 0.3) is 22.4 Å². The highest BCUT2D eigenvalue weighted by Crippen LogP contribution is 2.24. The van der Waals surface area contributed by atoms with Crippen LogP contribution in [0.2, 0.25) is 0 Å². The molecule has 0 spiro atoms.